The van der Waals surface area contributed by atoms with Gasteiger partial charge in [0, 0.05) is 38.8 Å². The Morgan fingerprint density at radius 3 is 2.50 bits per heavy atom. The predicted octanol–water partition coefficient (Wildman–Crippen LogP) is 2.95. The molecule has 0 aromatic heterocycles. The fourth-order valence-electron chi connectivity index (χ4n) is 3.61. The van der Waals surface area contributed by atoms with Gasteiger partial charge in [0.2, 0.25) is 0 Å². The zero-order valence-corrected chi connectivity index (χ0v) is 16.9. The molecule has 2 aromatic carbocycles. The van der Waals surface area contributed by atoms with Gasteiger partial charge in [-0.15, -0.1) is 0 Å². The van der Waals surface area contributed by atoms with Crippen LogP contribution in [-0.4, -0.2) is 61.6 Å². The number of amides is 1. The molecule has 1 saturated heterocycles. The largest absolute Gasteiger partial charge is 0.481 e. The summed E-state index contributed by atoms with van der Waals surface area (Å²) in [5, 5.41) is 3.00. The minimum absolute atomic E-state index is 0.0677. The molecule has 1 aliphatic rings. The molecule has 2 atom stereocenters. The summed E-state index contributed by atoms with van der Waals surface area (Å²) in [7, 11) is 2.18. The molecule has 1 aliphatic heterocycles. The van der Waals surface area contributed by atoms with Crippen molar-refractivity contribution in [2.45, 2.75) is 25.5 Å². The third kappa shape index (κ3) is 5.81. The lowest BCUT2D eigenvalue weighted by Crippen LogP contribution is -2.47. The molecule has 0 spiro atoms. The number of para-hydroxylation sites is 1. The lowest BCUT2D eigenvalue weighted by molar-refractivity contribution is -0.127. The van der Waals surface area contributed by atoms with Gasteiger partial charge in [0.25, 0.3) is 5.91 Å². The van der Waals surface area contributed by atoms with E-state index < -0.39 is 6.10 Å². The SMILES string of the molecule is C[C@@H](Oc1ccccc1)C(=O)NCCCN1CCN(C)C[C@@H]1c1ccccc1. The lowest BCUT2D eigenvalue weighted by atomic mass is 10.0. The number of carbonyl (C=O) groups excluding carboxylic acids is 1. The molecule has 0 aliphatic carbocycles. The minimum Gasteiger partial charge on any atom is -0.481 e. The van der Waals surface area contributed by atoms with Crippen LogP contribution in [0.5, 0.6) is 5.75 Å². The van der Waals surface area contributed by atoms with Gasteiger partial charge < -0.3 is 15.0 Å². The number of rotatable bonds is 8. The van der Waals surface area contributed by atoms with Crippen LogP contribution in [0.4, 0.5) is 0 Å². The highest BCUT2D eigenvalue weighted by Crippen LogP contribution is 2.24. The number of nitrogens with zero attached hydrogens (tertiary/aromatic N) is 2. The zero-order valence-electron chi connectivity index (χ0n) is 16.9. The van der Waals surface area contributed by atoms with Crippen molar-refractivity contribution in [3.8, 4) is 5.75 Å². The summed E-state index contributed by atoms with van der Waals surface area (Å²) in [6.45, 7) is 6.60. The lowest BCUT2D eigenvalue weighted by Gasteiger charge is -2.40. The highest BCUT2D eigenvalue weighted by molar-refractivity contribution is 5.80. The fraction of sp³-hybridized carbons (Fsp3) is 0.435. The molecule has 3 rings (SSSR count). The Hall–Kier alpha value is -2.37. The minimum atomic E-state index is -0.497. The summed E-state index contributed by atoms with van der Waals surface area (Å²) in [6, 6.07) is 20.6. The summed E-state index contributed by atoms with van der Waals surface area (Å²) < 4.78 is 5.68. The van der Waals surface area contributed by atoms with Crippen molar-refractivity contribution in [2.24, 2.45) is 0 Å². The Morgan fingerprint density at radius 1 is 1.11 bits per heavy atom. The van der Waals surface area contributed by atoms with Gasteiger partial charge >= 0.3 is 0 Å². The summed E-state index contributed by atoms with van der Waals surface area (Å²) in [5.41, 5.74) is 1.36. The van der Waals surface area contributed by atoms with Crippen LogP contribution in [0.3, 0.4) is 0 Å². The van der Waals surface area contributed by atoms with Gasteiger partial charge in [0.1, 0.15) is 5.75 Å². The highest BCUT2D eigenvalue weighted by atomic mass is 16.5. The Kier molecular flexibility index (Phi) is 7.46. The Morgan fingerprint density at radius 2 is 1.79 bits per heavy atom. The number of carbonyl (C=O) groups is 1. The smallest absolute Gasteiger partial charge is 0.260 e. The molecule has 1 heterocycles. The van der Waals surface area contributed by atoms with Crippen LogP contribution >= 0.6 is 0 Å². The van der Waals surface area contributed by atoms with E-state index >= 15 is 0 Å². The third-order valence-corrected chi connectivity index (χ3v) is 5.23. The van der Waals surface area contributed by atoms with Gasteiger partial charge in [-0.05, 0) is 38.1 Å². The second-order valence-electron chi connectivity index (χ2n) is 7.44. The molecule has 28 heavy (non-hydrogen) atoms. The van der Waals surface area contributed by atoms with E-state index in [1.54, 1.807) is 6.92 Å². The van der Waals surface area contributed by atoms with Gasteiger partial charge in [-0.3, -0.25) is 9.69 Å². The normalized spacial score (nSPS) is 19.1. The van der Waals surface area contributed by atoms with Crippen LogP contribution in [0.1, 0.15) is 24.9 Å². The summed E-state index contributed by atoms with van der Waals surface area (Å²) >= 11 is 0. The highest BCUT2D eigenvalue weighted by Gasteiger charge is 2.26. The van der Waals surface area contributed by atoms with Gasteiger partial charge in [-0.25, -0.2) is 0 Å². The maximum absolute atomic E-state index is 12.3. The molecule has 150 valence electrons. The number of nitrogens with one attached hydrogen (secondary N) is 1. The first-order chi connectivity index (χ1) is 13.6. The van der Waals surface area contributed by atoms with E-state index in [0.29, 0.717) is 18.3 Å². The molecule has 0 unspecified atom stereocenters. The first kappa shape index (κ1) is 20.4. The quantitative estimate of drug-likeness (QED) is 0.714. The number of hydrogen-bond acceptors (Lipinski definition) is 4. The van der Waals surface area contributed by atoms with Crippen molar-refractivity contribution in [3.05, 3.63) is 66.2 Å². The average Bonchev–Trinajstić information content (AvgIpc) is 2.73. The standard InChI is InChI=1S/C23H31N3O2/c1-19(28-21-12-7-4-8-13-21)23(27)24-14-9-15-26-17-16-25(2)18-22(26)20-10-5-3-6-11-20/h3-8,10-13,19,22H,9,14-18H2,1-2H3,(H,24,27)/t19-,22-/m1/s1. The first-order valence-electron chi connectivity index (χ1n) is 10.1. The molecule has 0 bridgehead atoms. The van der Waals surface area contributed by atoms with Gasteiger partial charge in [0.05, 0.1) is 0 Å². The van der Waals surface area contributed by atoms with E-state index in [1.807, 2.05) is 30.3 Å². The summed E-state index contributed by atoms with van der Waals surface area (Å²) in [6.07, 6.45) is 0.430. The molecule has 5 nitrogen and oxygen atoms in total. The van der Waals surface area contributed by atoms with E-state index in [0.717, 1.165) is 32.6 Å². The Labute approximate surface area is 168 Å². The molecule has 1 amide bonds. The van der Waals surface area contributed by atoms with Crippen LogP contribution in [-0.2, 0) is 4.79 Å². The number of piperazine rings is 1. The van der Waals surface area contributed by atoms with Crippen LogP contribution in [0.25, 0.3) is 0 Å². The van der Waals surface area contributed by atoms with Gasteiger partial charge in [0.15, 0.2) is 6.10 Å². The Balaban J connectivity index is 1.44. The zero-order chi connectivity index (χ0) is 19.8. The summed E-state index contributed by atoms with van der Waals surface area (Å²) in [4.78, 5) is 17.2. The van der Waals surface area contributed by atoms with E-state index in [-0.39, 0.29) is 5.91 Å². The predicted molar refractivity (Wildman–Crippen MR) is 112 cm³/mol. The van der Waals surface area contributed by atoms with Crippen molar-refractivity contribution in [1.29, 1.82) is 0 Å². The molecule has 1 fully saturated rings. The first-order valence-corrected chi connectivity index (χ1v) is 10.1. The maximum Gasteiger partial charge on any atom is 0.260 e. The molecule has 0 saturated carbocycles. The molecular weight excluding hydrogens is 350 g/mol. The molecule has 0 radical (unpaired) electrons. The van der Waals surface area contributed by atoms with E-state index in [1.165, 1.54) is 5.56 Å². The van der Waals surface area contributed by atoms with Crippen molar-refractivity contribution in [1.82, 2.24) is 15.1 Å². The number of benzene rings is 2. The average molecular weight is 382 g/mol. The summed E-state index contributed by atoms with van der Waals surface area (Å²) in [5.74, 6) is 0.648. The van der Waals surface area contributed by atoms with Crippen LogP contribution < -0.4 is 10.1 Å². The van der Waals surface area contributed by atoms with Crippen molar-refractivity contribution in [3.63, 3.8) is 0 Å². The topological polar surface area (TPSA) is 44.8 Å². The van der Waals surface area contributed by atoms with Crippen LogP contribution in [0.15, 0.2) is 60.7 Å². The Bertz CT molecular complexity index is 723. The molecule has 2 aromatic rings. The van der Waals surface area contributed by atoms with Gasteiger partial charge in [-0.2, -0.15) is 0 Å². The second-order valence-corrected chi connectivity index (χ2v) is 7.44. The number of hydrogen-bond donors (Lipinski definition) is 1. The molecule has 5 heteroatoms. The fourth-order valence-corrected chi connectivity index (χ4v) is 3.61. The van der Waals surface area contributed by atoms with Crippen molar-refractivity contribution >= 4 is 5.91 Å². The monoisotopic (exact) mass is 381 g/mol. The van der Waals surface area contributed by atoms with E-state index in [4.69, 9.17) is 4.74 Å². The molecular formula is C23H31N3O2. The molecule has 1 N–H and O–H groups in total. The van der Waals surface area contributed by atoms with Gasteiger partial charge in [-0.1, -0.05) is 48.5 Å². The third-order valence-electron chi connectivity index (χ3n) is 5.23. The number of likely N-dealkylation sites (N-methyl/N-ethyl adjacent to an activating group) is 1. The van der Waals surface area contributed by atoms with Crippen LogP contribution in [0, 0.1) is 0 Å². The second kappa shape index (κ2) is 10.2. The van der Waals surface area contributed by atoms with Crippen molar-refractivity contribution in [2.75, 3.05) is 39.8 Å². The van der Waals surface area contributed by atoms with E-state index in [2.05, 4.69) is 52.5 Å². The number of ether oxygens (including phenoxy) is 1. The van der Waals surface area contributed by atoms with Crippen molar-refractivity contribution < 1.29 is 9.53 Å². The van der Waals surface area contributed by atoms with E-state index in [9.17, 15) is 4.79 Å². The maximum atomic E-state index is 12.3. The van der Waals surface area contributed by atoms with Crippen LogP contribution in [0.2, 0.25) is 0 Å².